The van der Waals surface area contributed by atoms with Crippen molar-refractivity contribution in [3.8, 4) is 11.8 Å². The van der Waals surface area contributed by atoms with Crippen molar-refractivity contribution in [1.82, 2.24) is 5.32 Å². The molecule has 1 aliphatic rings. The van der Waals surface area contributed by atoms with Crippen molar-refractivity contribution < 1.29 is 13.9 Å². The number of nitriles is 1. The second-order valence-corrected chi connectivity index (χ2v) is 5.91. The van der Waals surface area contributed by atoms with Gasteiger partial charge in [-0.05, 0) is 42.5 Å². The molecule has 0 aliphatic heterocycles. The Morgan fingerprint density at radius 2 is 2.17 bits per heavy atom. The molecule has 1 saturated carbocycles. The van der Waals surface area contributed by atoms with Crippen LogP contribution in [-0.2, 0) is 4.79 Å². The maximum absolute atomic E-state index is 13.7. The van der Waals surface area contributed by atoms with Gasteiger partial charge in [-0.3, -0.25) is 4.79 Å². The normalized spacial score (nSPS) is 21.4. The van der Waals surface area contributed by atoms with Crippen molar-refractivity contribution in [2.24, 2.45) is 5.92 Å². The van der Waals surface area contributed by atoms with E-state index in [1.165, 1.54) is 31.7 Å². The monoisotopic (exact) mass is 316 g/mol. The minimum atomic E-state index is -0.528. The number of methoxy groups -OCH3 is 1. The molecule has 1 aromatic rings. The Labute approximate surface area is 135 Å². The van der Waals surface area contributed by atoms with Crippen LogP contribution >= 0.6 is 0 Å². The third-order valence-electron chi connectivity index (χ3n) is 4.28. The van der Waals surface area contributed by atoms with Gasteiger partial charge >= 0.3 is 0 Å². The molecule has 5 heteroatoms. The van der Waals surface area contributed by atoms with Gasteiger partial charge in [-0.25, -0.2) is 4.39 Å². The zero-order valence-electron chi connectivity index (χ0n) is 13.4. The van der Waals surface area contributed by atoms with Gasteiger partial charge in [0, 0.05) is 6.04 Å². The van der Waals surface area contributed by atoms with E-state index < -0.39 is 11.7 Å². The van der Waals surface area contributed by atoms with E-state index in [0.29, 0.717) is 11.5 Å². The van der Waals surface area contributed by atoms with Crippen molar-refractivity contribution in [3.05, 3.63) is 35.2 Å². The summed E-state index contributed by atoms with van der Waals surface area (Å²) in [7, 11) is 1.38. The van der Waals surface area contributed by atoms with E-state index in [1.54, 1.807) is 6.07 Å². The molecule has 1 N–H and O–H groups in total. The number of benzene rings is 1. The van der Waals surface area contributed by atoms with Gasteiger partial charge in [0.1, 0.15) is 11.6 Å². The molecule has 0 unspecified atom stereocenters. The molecule has 1 fully saturated rings. The van der Waals surface area contributed by atoms with Crippen LogP contribution in [0.5, 0.6) is 5.75 Å². The summed E-state index contributed by atoms with van der Waals surface area (Å²) >= 11 is 0. The molecule has 1 aromatic carbocycles. The van der Waals surface area contributed by atoms with E-state index in [9.17, 15) is 14.4 Å². The van der Waals surface area contributed by atoms with Crippen molar-refractivity contribution in [3.63, 3.8) is 0 Å². The van der Waals surface area contributed by atoms with Crippen LogP contribution < -0.4 is 10.1 Å². The average Bonchev–Trinajstić information content (AvgIpc) is 2.54. The molecule has 1 amide bonds. The maximum atomic E-state index is 13.7. The largest absolute Gasteiger partial charge is 0.494 e. The Balaban J connectivity index is 2.13. The van der Waals surface area contributed by atoms with Gasteiger partial charge in [-0.15, -0.1) is 0 Å². The Morgan fingerprint density at radius 1 is 1.43 bits per heavy atom. The highest BCUT2D eigenvalue weighted by molar-refractivity contribution is 6.01. The topological polar surface area (TPSA) is 62.1 Å². The number of amides is 1. The van der Waals surface area contributed by atoms with Gasteiger partial charge in [0.15, 0.2) is 11.6 Å². The molecule has 4 nitrogen and oxygen atoms in total. The summed E-state index contributed by atoms with van der Waals surface area (Å²) in [6, 6.07) is 6.32. The zero-order chi connectivity index (χ0) is 16.8. The number of halogens is 1. The lowest BCUT2D eigenvalue weighted by atomic mass is 9.86. The third-order valence-corrected chi connectivity index (χ3v) is 4.28. The van der Waals surface area contributed by atoms with Gasteiger partial charge in [0.2, 0.25) is 0 Å². The summed E-state index contributed by atoms with van der Waals surface area (Å²) in [6.07, 6.45) is 5.68. The fourth-order valence-corrected chi connectivity index (χ4v) is 2.86. The third kappa shape index (κ3) is 4.32. The number of ether oxygens (including phenoxy) is 1. The Hall–Kier alpha value is -2.35. The molecule has 23 heavy (non-hydrogen) atoms. The summed E-state index contributed by atoms with van der Waals surface area (Å²) in [4.78, 5) is 12.3. The Morgan fingerprint density at radius 3 is 2.78 bits per heavy atom. The molecule has 2 rings (SSSR count). The van der Waals surface area contributed by atoms with Gasteiger partial charge in [0.05, 0.1) is 7.11 Å². The molecule has 0 heterocycles. The summed E-state index contributed by atoms with van der Waals surface area (Å²) in [5.41, 5.74) is 0.430. The predicted molar refractivity (Wildman–Crippen MR) is 86.1 cm³/mol. The molecule has 0 spiro atoms. The van der Waals surface area contributed by atoms with E-state index in [2.05, 4.69) is 12.2 Å². The first-order valence-corrected chi connectivity index (χ1v) is 7.81. The van der Waals surface area contributed by atoms with Crippen LogP contribution in [0.3, 0.4) is 0 Å². The molecule has 122 valence electrons. The number of nitrogens with zero attached hydrogens (tertiary/aromatic N) is 1. The lowest BCUT2D eigenvalue weighted by Gasteiger charge is -2.29. The highest BCUT2D eigenvalue weighted by Crippen LogP contribution is 2.24. The Kier molecular flexibility index (Phi) is 5.75. The second kappa shape index (κ2) is 7.77. The lowest BCUT2D eigenvalue weighted by molar-refractivity contribution is -0.118. The molecule has 0 bridgehead atoms. The van der Waals surface area contributed by atoms with E-state index in [4.69, 9.17) is 4.74 Å². The summed E-state index contributed by atoms with van der Waals surface area (Å²) in [5, 5.41) is 12.2. The SMILES string of the molecule is COc1ccc(/C=C(\C#N)C(=O)N[C@H]2CCCC[C@@H]2C)cc1F. The maximum Gasteiger partial charge on any atom is 0.262 e. The first-order valence-electron chi connectivity index (χ1n) is 7.81. The van der Waals surface area contributed by atoms with Gasteiger partial charge in [-0.2, -0.15) is 5.26 Å². The van der Waals surface area contributed by atoms with E-state index in [-0.39, 0.29) is 17.4 Å². The van der Waals surface area contributed by atoms with Gasteiger partial charge in [-0.1, -0.05) is 25.8 Å². The Bertz CT molecular complexity index is 649. The van der Waals surface area contributed by atoms with Crippen molar-refractivity contribution in [2.45, 2.75) is 38.6 Å². The van der Waals surface area contributed by atoms with Crippen LogP contribution in [0.15, 0.2) is 23.8 Å². The number of hydrogen-bond acceptors (Lipinski definition) is 3. The van der Waals surface area contributed by atoms with Crippen molar-refractivity contribution in [2.75, 3.05) is 7.11 Å². The fourth-order valence-electron chi connectivity index (χ4n) is 2.86. The smallest absolute Gasteiger partial charge is 0.262 e. The second-order valence-electron chi connectivity index (χ2n) is 5.91. The molecular weight excluding hydrogens is 295 g/mol. The number of carbonyl (C=O) groups is 1. The van der Waals surface area contributed by atoms with Gasteiger partial charge < -0.3 is 10.1 Å². The summed E-state index contributed by atoms with van der Waals surface area (Å²) in [6.45, 7) is 2.11. The first kappa shape index (κ1) is 17.0. The van der Waals surface area contributed by atoms with Crippen LogP contribution in [0.4, 0.5) is 4.39 Å². The van der Waals surface area contributed by atoms with Crippen molar-refractivity contribution in [1.29, 1.82) is 5.26 Å². The van der Waals surface area contributed by atoms with Crippen LogP contribution in [0.25, 0.3) is 6.08 Å². The zero-order valence-corrected chi connectivity index (χ0v) is 13.4. The van der Waals surface area contributed by atoms with Gasteiger partial charge in [0.25, 0.3) is 5.91 Å². The number of hydrogen-bond donors (Lipinski definition) is 1. The molecule has 0 saturated heterocycles. The van der Waals surface area contributed by atoms with Crippen LogP contribution in [-0.4, -0.2) is 19.1 Å². The number of rotatable bonds is 4. The molecule has 2 atom stereocenters. The van der Waals surface area contributed by atoms with Crippen molar-refractivity contribution >= 4 is 12.0 Å². The summed E-state index contributed by atoms with van der Waals surface area (Å²) < 4.78 is 18.5. The van der Waals surface area contributed by atoms with E-state index >= 15 is 0 Å². The minimum absolute atomic E-state index is 0.0210. The van der Waals surface area contributed by atoms with Crippen LogP contribution in [0.1, 0.15) is 38.2 Å². The predicted octanol–water partition coefficient (Wildman–Crippen LogP) is 3.44. The molecule has 0 aromatic heterocycles. The van der Waals surface area contributed by atoms with E-state index in [0.717, 1.165) is 19.3 Å². The molecular formula is C18H21FN2O2. The fraction of sp³-hybridized carbons (Fsp3) is 0.444. The number of nitrogens with one attached hydrogen (secondary N) is 1. The minimum Gasteiger partial charge on any atom is -0.494 e. The van der Waals surface area contributed by atoms with Crippen LogP contribution in [0.2, 0.25) is 0 Å². The average molecular weight is 316 g/mol. The standard InChI is InChI=1S/C18H21FN2O2/c1-12-5-3-4-6-16(12)21-18(22)14(11-20)9-13-7-8-17(23-2)15(19)10-13/h7-10,12,16H,3-6H2,1-2H3,(H,21,22)/b14-9+/t12-,16-/m0/s1. The highest BCUT2D eigenvalue weighted by atomic mass is 19.1. The lowest BCUT2D eigenvalue weighted by Crippen LogP contribution is -2.41. The first-order chi connectivity index (χ1) is 11.0. The highest BCUT2D eigenvalue weighted by Gasteiger charge is 2.24. The number of carbonyl (C=O) groups excluding carboxylic acids is 1. The van der Waals surface area contributed by atoms with E-state index in [1.807, 2.05) is 6.07 Å². The summed E-state index contributed by atoms with van der Waals surface area (Å²) in [5.74, 6) is -0.394. The molecule has 0 radical (unpaired) electrons. The quantitative estimate of drug-likeness (QED) is 0.684. The van der Waals surface area contributed by atoms with Crippen LogP contribution in [0, 0.1) is 23.1 Å². The molecule has 1 aliphatic carbocycles.